The molecule has 1 unspecified atom stereocenters. The van der Waals surface area contributed by atoms with Crippen LogP contribution in [0.25, 0.3) is 0 Å². The van der Waals surface area contributed by atoms with Crippen molar-refractivity contribution in [1.29, 1.82) is 5.26 Å². The number of carbonyl (C=O) groups is 2. The van der Waals surface area contributed by atoms with Gasteiger partial charge in [-0.3, -0.25) is 9.59 Å². The Morgan fingerprint density at radius 3 is 2.17 bits per heavy atom. The number of carbonyl (C=O) groups excluding carboxylic acids is 2. The predicted molar refractivity (Wildman–Crippen MR) is 90.2 cm³/mol. The Morgan fingerprint density at radius 2 is 1.62 bits per heavy atom. The lowest BCUT2D eigenvalue weighted by Crippen LogP contribution is -2.36. The highest BCUT2D eigenvalue weighted by Gasteiger charge is 2.42. The fourth-order valence-electron chi connectivity index (χ4n) is 2.55. The van der Waals surface area contributed by atoms with Crippen LogP contribution in [0.3, 0.4) is 0 Å². The van der Waals surface area contributed by atoms with E-state index in [9.17, 15) is 14.9 Å². The first-order chi connectivity index (χ1) is 11.6. The van der Waals surface area contributed by atoms with Crippen LogP contribution in [0.4, 0.5) is 0 Å². The Bertz CT molecular complexity index is 734. The SMILES string of the molecule is CCOC(=O)C(C#N)(CC(=O)c1ccccc1)Cc1ccccc1. The number of Topliss-reactive ketones (excluding diaryl/α,β-unsaturated/α-hetero) is 1. The van der Waals surface area contributed by atoms with Crippen LogP contribution in [-0.2, 0) is 16.0 Å². The van der Waals surface area contributed by atoms with E-state index in [0.29, 0.717) is 5.56 Å². The molecule has 2 rings (SSSR count). The average molecular weight is 321 g/mol. The third-order valence-electron chi connectivity index (χ3n) is 3.79. The number of nitrogens with zero attached hydrogens (tertiary/aromatic N) is 1. The Morgan fingerprint density at radius 1 is 1.04 bits per heavy atom. The van der Waals surface area contributed by atoms with Crippen molar-refractivity contribution in [1.82, 2.24) is 0 Å². The van der Waals surface area contributed by atoms with E-state index in [1.807, 2.05) is 36.4 Å². The molecule has 0 saturated carbocycles. The molecule has 122 valence electrons. The Labute approximate surface area is 141 Å². The third kappa shape index (κ3) is 4.08. The third-order valence-corrected chi connectivity index (χ3v) is 3.79. The highest BCUT2D eigenvalue weighted by atomic mass is 16.5. The quantitative estimate of drug-likeness (QED) is 0.577. The molecular weight excluding hydrogens is 302 g/mol. The number of nitriles is 1. The van der Waals surface area contributed by atoms with E-state index in [1.165, 1.54) is 0 Å². The maximum Gasteiger partial charge on any atom is 0.327 e. The van der Waals surface area contributed by atoms with Crippen molar-refractivity contribution in [3.8, 4) is 6.07 Å². The molecule has 1 atom stereocenters. The zero-order valence-corrected chi connectivity index (χ0v) is 13.6. The van der Waals surface area contributed by atoms with Gasteiger partial charge in [0.2, 0.25) is 0 Å². The minimum Gasteiger partial charge on any atom is -0.465 e. The van der Waals surface area contributed by atoms with Gasteiger partial charge in [0, 0.05) is 18.4 Å². The van der Waals surface area contributed by atoms with Gasteiger partial charge in [0.15, 0.2) is 11.2 Å². The lowest BCUT2D eigenvalue weighted by Gasteiger charge is -2.24. The molecule has 0 N–H and O–H groups in total. The molecule has 0 bridgehead atoms. The van der Waals surface area contributed by atoms with E-state index < -0.39 is 11.4 Å². The summed E-state index contributed by atoms with van der Waals surface area (Å²) in [5.41, 5.74) is -0.230. The molecular formula is C20H19NO3. The second-order valence-electron chi connectivity index (χ2n) is 5.54. The van der Waals surface area contributed by atoms with E-state index in [-0.39, 0.29) is 25.2 Å². The van der Waals surface area contributed by atoms with Crippen molar-refractivity contribution >= 4 is 11.8 Å². The molecule has 0 amide bonds. The summed E-state index contributed by atoms with van der Waals surface area (Å²) >= 11 is 0. The minimum absolute atomic E-state index is 0.141. The summed E-state index contributed by atoms with van der Waals surface area (Å²) in [5, 5.41) is 9.73. The Balaban J connectivity index is 2.33. The van der Waals surface area contributed by atoms with Gasteiger partial charge in [-0.2, -0.15) is 5.26 Å². The van der Waals surface area contributed by atoms with Crippen molar-refractivity contribution in [3.05, 3.63) is 71.8 Å². The number of hydrogen-bond acceptors (Lipinski definition) is 4. The summed E-state index contributed by atoms with van der Waals surface area (Å²) in [5.74, 6) is -0.901. The largest absolute Gasteiger partial charge is 0.465 e. The first kappa shape index (κ1) is 17.4. The number of ether oxygens (including phenoxy) is 1. The van der Waals surface area contributed by atoms with Crippen LogP contribution in [0, 0.1) is 16.7 Å². The minimum atomic E-state index is -1.52. The fraction of sp³-hybridized carbons (Fsp3) is 0.250. The van der Waals surface area contributed by atoms with Gasteiger partial charge in [-0.15, -0.1) is 0 Å². The monoisotopic (exact) mass is 321 g/mol. The smallest absolute Gasteiger partial charge is 0.327 e. The number of ketones is 1. The van der Waals surface area contributed by atoms with E-state index >= 15 is 0 Å². The zero-order valence-electron chi connectivity index (χ0n) is 13.6. The van der Waals surface area contributed by atoms with Crippen LogP contribution in [0.15, 0.2) is 60.7 Å². The topological polar surface area (TPSA) is 67.2 Å². The molecule has 4 heteroatoms. The molecule has 0 aromatic heterocycles. The van der Waals surface area contributed by atoms with Gasteiger partial charge in [-0.1, -0.05) is 60.7 Å². The first-order valence-electron chi connectivity index (χ1n) is 7.82. The highest BCUT2D eigenvalue weighted by molar-refractivity contribution is 6.00. The van der Waals surface area contributed by atoms with Crippen LogP contribution in [0.1, 0.15) is 29.3 Å². The van der Waals surface area contributed by atoms with Crippen molar-refractivity contribution < 1.29 is 14.3 Å². The molecule has 0 heterocycles. The van der Waals surface area contributed by atoms with Gasteiger partial charge < -0.3 is 4.74 Å². The van der Waals surface area contributed by atoms with Crippen molar-refractivity contribution in [2.45, 2.75) is 19.8 Å². The van der Waals surface area contributed by atoms with E-state index in [4.69, 9.17) is 4.74 Å². The van der Waals surface area contributed by atoms with Crippen LogP contribution >= 0.6 is 0 Å². The summed E-state index contributed by atoms with van der Waals surface area (Å²) in [7, 11) is 0. The van der Waals surface area contributed by atoms with Crippen LogP contribution in [-0.4, -0.2) is 18.4 Å². The molecule has 0 radical (unpaired) electrons. The maximum atomic E-state index is 12.6. The molecule has 0 aliphatic rings. The molecule has 24 heavy (non-hydrogen) atoms. The Kier molecular flexibility index (Phi) is 5.86. The van der Waals surface area contributed by atoms with Crippen molar-refractivity contribution in [3.63, 3.8) is 0 Å². The van der Waals surface area contributed by atoms with Crippen LogP contribution in [0.5, 0.6) is 0 Å². The van der Waals surface area contributed by atoms with Gasteiger partial charge in [-0.05, 0) is 12.5 Å². The molecule has 0 aliphatic heterocycles. The second-order valence-corrected chi connectivity index (χ2v) is 5.54. The molecule has 4 nitrogen and oxygen atoms in total. The molecule has 0 fully saturated rings. The number of esters is 1. The summed E-state index contributed by atoms with van der Waals surface area (Å²) < 4.78 is 5.09. The maximum absolute atomic E-state index is 12.6. The lowest BCUT2D eigenvalue weighted by atomic mass is 9.77. The zero-order chi connectivity index (χ0) is 17.4. The first-order valence-corrected chi connectivity index (χ1v) is 7.82. The van der Waals surface area contributed by atoms with Crippen molar-refractivity contribution in [2.24, 2.45) is 5.41 Å². The van der Waals surface area contributed by atoms with Gasteiger partial charge in [0.25, 0.3) is 0 Å². The van der Waals surface area contributed by atoms with E-state index in [2.05, 4.69) is 6.07 Å². The number of hydrogen-bond donors (Lipinski definition) is 0. The molecule has 2 aromatic carbocycles. The normalized spacial score (nSPS) is 12.7. The van der Waals surface area contributed by atoms with E-state index in [1.54, 1.807) is 31.2 Å². The number of benzene rings is 2. The summed E-state index contributed by atoms with van der Waals surface area (Å²) in [6, 6.07) is 19.9. The molecule has 2 aromatic rings. The van der Waals surface area contributed by atoms with Crippen LogP contribution < -0.4 is 0 Å². The standard InChI is InChI=1S/C20H19NO3/c1-2-24-19(23)20(15-21,13-16-9-5-3-6-10-16)14-18(22)17-11-7-4-8-12-17/h3-12H,2,13-14H2,1H3. The lowest BCUT2D eigenvalue weighted by molar-refractivity contribution is -0.151. The predicted octanol–water partition coefficient (Wildman–Crippen LogP) is 3.58. The summed E-state index contributed by atoms with van der Waals surface area (Å²) in [6.07, 6.45) is -0.0665. The molecule has 0 aliphatic carbocycles. The van der Waals surface area contributed by atoms with Gasteiger partial charge >= 0.3 is 5.97 Å². The fourth-order valence-corrected chi connectivity index (χ4v) is 2.55. The van der Waals surface area contributed by atoms with Gasteiger partial charge in [0.05, 0.1) is 12.7 Å². The van der Waals surface area contributed by atoms with E-state index in [0.717, 1.165) is 5.56 Å². The summed E-state index contributed by atoms with van der Waals surface area (Å²) in [6.45, 7) is 1.85. The van der Waals surface area contributed by atoms with Gasteiger partial charge in [-0.25, -0.2) is 0 Å². The Hall–Kier alpha value is -2.93. The number of rotatable bonds is 7. The summed E-state index contributed by atoms with van der Waals surface area (Å²) in [4.78, 5) is 25.0. The molecule has 0 spiro atoms. The van der Waals surface area contributed by atoms with Crippen LogP contribution in [0.2, 0.25) is 0 Å². The highest BCUT2D eigenvalue weighted by Crippen LogP contribution is 2.30. The van der Waals surface area contributed by atoms with Gasteiger partial charge in [0.1, 0.15) is 0 Å². The molecule has 0 saturated heterocycles. The second kappa shape index (κ2) is 8.07. The van der Waals surface area contributed by atoms with Crippen molar-refractivity contribution in [2.75, 3.05) is 6.61 Å². The average Bonchev–Trinajstić information content (AvgIpc) is 2.62.